The quantitative estimate of drug-likeness (QED) is 0.511. The molecule has 50 valence electrons. The summed E-state index contributed by atoms with van der Waals surface area (Å²) in [4.78, 5) is 4.39. The van der Waals surface area contributed by atoms with Crippen molar-refractivity contribution in [1.29, 1.82) is 0 Å². The fraction of sp³-hybridized carbons (Fsp3) is 0. The van der Waals surface area contributed by atoms with Crippen LogP contribution in [0.25, 0.3) is 10.2 Å². The first kappa shape index (κ1) is 6.06. The van der Waals surface area contributed by atoms with Crippen LogP contribution in [0.4, 0.5) is 0 Å². The van der Waals surface area contributed by atoms with E-state index in [0.29, 0.717) is 0 Å². The monoisotopic (exact) mass is 165 g/mol. The Morgan fingerprint density at radius 1 is 1.30 bits per heavy atom. The van der Waals surface area contributed by atoms with Gasteiger partial charge in [-0.25, -0.2) is 4.98 Å². The number of benzene rings is 1. The summed E-state index contributed by atoms with van der Waals surface area (Å²) in [6, 6.07) is 8.27. The number of hydrogen-bond acceptors (Lipinski definition) is 2. The van der Waals surface area contributed by atoms with Gasteiger partial charge < -0.3 is 0 Å². The van der Waals surface area contributed by atoms with E-state index in [1.54, 1.807) is 11.3 Å². The summed E-state index contributed by atoms with van der Waals surface area (Å²) >= 11 is 1.80. The number of hydrogen-bond donors (Lipinski definition) is 0. The van der Waals surface area contributed by atoms with Crippen molar-refractivity contribution in [3.05, 3.63) is 24.3 Å². The third-order valence-corrected chi connectivity index (χ3v) is 3.19. The van der Waals surface area contributed by atoms with Crippen LogP contribution in [-0.2, 0) is 0 Å². The molecule has 2 aromatic rings. The first-order valence-corrected chi connectivity index (χ1v) is 5.00. The van der Waals surface area contributed by atoms with Crippen molar-refractivity contribution in [1.82, 2.24) is 4.98 Å². The summed E-state index contributed by atoms with van der Waals surface area (Å²) in [5, 5.41) is 0. The number of aromatic nitrogens is 1. The minimum Gasteiger partial charge on any atom is -0.247 e. The van der Waals surface area contributed by atoms with Crippen molar-refractivity contribution in [2.24, 2.45) is 0 Å². The van der Waals surface area contributed by atoms with Crippen LogP contribution in [0.2, 0.25) is 0 Å². The van der Waals surface area contributed by atoms with Gasteiger partial charge >= 0.3 is 0 Å². The second-order valence-corrected chi connectivity index (χ2v) is 5.11. The SMILES string of the molecule is [SiH3]c1nc2ccccc2s1. The predicted molar refractivity (Wildman–Crippen MR) is 49.2 cm³/mol. The van der Waals surface area contributed by atoms with E-state index >= 15 is 0 Å². The first-order chi connectivity index (χ1) is 4.86. The Kier molecular flexibility index (Phi) is 1.32. The molecule has 1 aromatic heterocycles. The molecule has 0 aliphatic carbocycles. The molecule has 0 unspecified atom stereocenters. The molecule has 0 radical (unpaired) electrons. The van der Waals surface area contributed by atoms with Gasteiger partial charge in [0.1, 0.15) is 0 Å². The molecule has 0 atom stereocenters. The maximum absolute atomic E-state index is 4.39. The summed E-state index contributed by atoms with van der Waals surface area (Å²) in [5.74, 6) is 0. The lowest BCUT2D eigenvalue weighted by Crippen LogP contribution is -1.96. The third kappa shape index (κ3) is 0.873. The molecule has 10 heavy (non-hydrogen) atoms. The highest BCUT2D eigenvalue weighted by molar-refractivity contribution is 7.25. The average Bonchev–Trinajstić information content (AvgIpc) is 2.27. The Morgan fingerprint density at radius 3 is 2.90 bits per heavy atom. The van der Waals surface area contributed by atoms with E-state index in [4.69, 9.17) is 0 Å². The second-order valence-electron chi connectivity index (χ2n) is 2.20. The molecule has 0 spiro atoms. The van der Waals surface area contributed by atoms with Crippen LogP contribution in [-0.4, -0.2) is 15.2 Å². The van der Waals surface area contributed by atoms with Gasteiger partial charge in [-0.15, -0.1) is 11.3 Å². The topological polar surface area (TPSA) is 12.9 Å². The molecular weight excluding hydrogens is 158 g/mol. The van der Waals surface area contributed by atoms with Crippen LogP contribution in [0.1, 0.15) is 0 Å². The molecule has 0 amide bonds. The molecule has 0 aliphatic heterocycles. The maximum Gasteiger partial charge on any atom is 0.0809 e. The molecule has 0 saturated heterocycles. The molecule has 3 heteroatoms. The van der Waals surface area contributed by atoms with E-state index in [0.717, 1.165) is 15.8 Å². The smallest absolute Gasteiger partial charge is 0.0809 e. The van der Waals surface area contributed by atoms with E-state index in [1.807, 2.05) is 6.07 Å². The molecule has 1 heterocycles. The summed E-state index contributed by atoms with van der Waals surface area (Å²) in [6.45, 7) is 0. The van der Waals surface area contributed by atoms with Crippen molar-refractivity contribution in [2.75, 3.05) is 0 Å². The molecule has 0 N–H and O–H groups in total. The molecular formula is C7H7NSSi. The van der Waals surface area contributed by atoms with Crippen LogP contribution in [0.15, 0.2) is 24.3 Å². The van der Waals surface area contributed by atoms with Gasteiger partial charge in [0, 0.05) is 0 Å². The minimum atomic E-state index is 1.07. The van der Waals surface area contributed by atoms with Crippen molar-refractivity contribution < 1.29 is 0 Å². The highest BCUT2D eigenvalue weighted by atomic mass is 32.1. The highest BCUT2D eigenvalue weighted by Gasteiger charge is 1.95. The van der Waals surface area contributed by atoms with Gasteiger partial charge in [-0.3, -0.25) is 0 Å². The number of para-hydroxylation sites is 1. The van der Waals surface area contributed by atoms with Crippen LogP contribution in [0, 0.1) is 0 Å². The van der Waals surface area contributed by atoms with Crippen LogP contribution < -0.4 is 4.63 Å². The fourth-order valence-electron chi connectivity index (χ4n) is 0.987. The Bertz CT molecular complexity index is 322. The van der Waals surface area contributed by atoms with E-state index in [2.05, 4.69) is 23.2 Å². The molecule has 0 fully saturated rings. The second kappa shape index (κ2) is 2.18. The largest absolute Gasteiger partial charge is 0.247 e. The molecule has 0 aliphatic rings. The molecule has 1 aromatic carbocycles. The lowest BCUT2D eigenvalue weighted by molar-refractivity contribution is 1.55. The van der Waals surface area contributed by atoms with Gasteiger partial charge in [0.15, 0.2) is 0 Å². The lowest BCUT2D eigenvalue weighted by atomic mass is 10.3. The predicted octanol–water partition coefficient (Wildman–Crippen LogP) is 0.287. The van der Waals surface area contributed by atoms with Gasteiger partial charge in [0.25, 0.3) is 0 Å². The maximum atomic E-state index is 4.39. The fourth-order valence-corrected chi connectivity index (χ4v) is 2.72. The van der Waals surface area contributed by atoms with Crippen LogP contribution in [0.5, 0.6) is 0 Å². The average molecular weight is 165 g/mol. The normalized spacial score (nSPS) is 10.8. The third-order valence-electron chi connectivity index (χ3n) is 1.40. The first-order valence-electron chi connectivity index (χ1n) is 3.18. The number of fused-ring (bicyclic) bond motifs is 1. The summed E-state index contributed by atoms with van der Waals surface area (Å²) in [5.41, 5.74) is 1.15. The van der Waals surface area contributed by atoms with Gasteiger partial charge in [-0.2, -0.15) is 0 Å². The Morgan fingerprint density at radius 2 is 2.10 bits per heavy atom. The molecule has 2 rings (SSSR count). The number of thiazole rings is 1. The standard InChI is InChI=1S/C7H7NSSi/c10-7-8-5-3-1-2-4-6(5)9-7/h1-4H,10H3. The summed E-state index contributed by atoms with van der Waals surface area (Å²) in [6.07, 6.45) is 0. The highest BCUT2D eigenvalue weighted by Crippen LogP contribution is 2.13. The summed E-state index contributed by atoms with van der Waals surface area (Å²) in [7, 11) is 1.07. The zero-order valence-corrected chi connectivity index (χ0v) is 8.48. The summed E-state index contributed by atoms with van der Waals surface area (Å²) < 4.78 is 2.59. The van der Waals surface area contributed by atoms with E-state index in [-0.39, 0.29) is 0 Å². The van der Waals surface area contributed by atoms with Crippen LogP contribution >= 0.6 is 11.3 Å². The van der Waals surface area contributed by atoms with Crippen LogP contribution in [0.3, 0.4) is 0 Å². The Balaban J connectivity index is 2.88. The number of rotatable bonds is 0. The lowest BCUT2D eigenvalue weighted by Gasteiger charge is -1.80. The Hall–Kier alpha value is -0.673. The van der Waals surface area contributed by atoms with Crippen molar-refractivity contribution in [3.8, 4) is 0 Å². The zero-order chi connectivity index (χ0) is 6.97. The van der Waals surface area contributed by atoms with Crippen molar-refractivity contribution >= 4 is 36.4 Å². The van der Waals surface area contributed by atoms with E-state index in [1.165, 1.54) is 9.33 Å². The van der Waals surface area contributed by atoms with Gasteiger partial charge in [-0.1, -0.05) is 12.1 Å². The zero-order valence-electron chi connectivity index (χ0n) is 5.66. The molecule has 1 nitrogen and oxygen atoms in total. The van der Waals surface area contributed by atoms with Crippen molar-refractivity contribution in [2.45, 2.75) is 0 Å². The van der Waals surface area contributed by atoms with E-state index in [9.17, 15) is 0 Å². The number of nitrogens with zero attached hydrogens (tertiary/aromatic N) is 1. The van der Waals surface area contributed by atoms with Gasteiger partial charge in [0.05, 0.1) is 25.1 Å². The Labute approximate surface area is 66.1 Å². The van der Waals surface area contributed by atoms with Gasteiger partial charge in [0.2, 0.25) is 0 Å². The van der Waals surface area contributed by atoms with E-state index < -0.39 is 0 Å². The van der Waals surface area contributed by atoms with Crippen molar-refractivity contribution in [3.63, 3.8) is 0 Å². The minimum absolute atomic E-state index is 1.07. The van der Waals surface area contributed by atoms with Gasteiger partial charge in [-0.05, 0) is 12.1 Å². The molecule has 0 bridgehead atoms. The molecule has 0 saturated carbocycles.